The van der Waals surface area contributed by atoms with E-state index in [0.717, 1.165) is 0 Å². The van der Waals surface area contributed by atoms with Crippen LogP contribution in [0.4, 0.5) is 4.39 Å². The Morgan fingerprint density at radius 2 is 2.00 bits per heavy atom. The molecule has 1 unspecified atom stereocenters. The standard InChI is InChI=1S/C15H20FNO3/c1-10(11-5-4-6-12(16)7-11)17-13(18)8-15(2,3)9-14(19)20/h4-7,10H,8-9H2,1-3H3,(H,17,18)(H,19,20). The topological polar surface area (TPSA) is 66.4 Å². The summed E-state index contributed by atoms with van der Waals surface area (Å²) in [4.78, 5) is 22.6. The summed E-state index contributed by atoms with van der Waals surface area (Å²) >= 11 is 0. The summed E-state index contributed by atoms with van der Waals surface area (Å²) in [6.07, 6.45) is 0.0354. The molecular formula is C15H20FNO3. The summed E-state index contributed by atoms with van der Waals surface area (Å²) in [7, 11) is 0. The number of carbonyl (C=O) groups is 2. The van der Waals surface area contributed by atoms with Crippen LogP contribution in [-0.4, -0.2) is 17.0 Å². The van der Waals surface area contributed by atoms with Crippen molar-refractivity contribution in [3.63, 3.8) is 0 Å². The molecule has 4 nitrogen and oxygen atoms in total. The van der Waals surface area contributed by atoms with Gasteiger partial charge in [0.05, 0.1) is 12.5 Å². The first-order chi connectivity index (χ1) is 9.19. The van der Waals surface area contributed by atoms with Gasteiger partial charge in [0.25, 0.3) is 0 Å². The minimum Gasteiger partial charge on any atom is -0.481 e. The Morgan fingerprint density at radius 1 is 1.35 bits per heavy atom. The van der Waals surface area contributed by atoms with Crippen molar-refractivity contribution < 1.29 is 19.1 Å². The normalized spacial score (nSPS) is 12.8. The zero-order valence-corrected chi connectivity index (χ0v) is 11.9. The molecule has 110 valence electrons. The number of rotatable bonds is 6. The fraction of sp³-hybridized carbons (Fsp3) is 0.467. The average Bonchev–Trinajstić information content (AvgIpc) is 2.25. The van der Waals surface area contributed by atoms with Crippen LogP contribution in [0.5, 0.6) is 0 Å². The SMILES string of the molecule is CC(NC(=O)CC(C)(C)CC(=O)O)c1cccc(F)c1. The minimum atomic E-state index is -0.930. The second-order valence-corrected chi connectivity index (χ2v) is 5.76. The van der Waals surface area contributed by atoms with Crippen molar-refractivity contribution in [3.8, 4) is 0 Å². The number of halogens is 1. The Bertz CT molecular complexity index is 500. The van der Waals surface area contributed by atoms with Gasteiger partial charge in [0.15, 0.2) is 0 Å². The van der Waals surface area contributed by atoms with Gasteiger partial charge in [-0.25, -0.2) is 4.39 Å². The number of carboxylic acid groups (broad SMARTS) is 1. The largest absolute Gasteiger partial charge is 0.481 e. The summed E-state index contributed by atoms with van der Waals surface area (Å²) in [5, 5.41) is 11.5. The molecule has 0 heterocycles. The van der Waals surface area contributed by atoms with Crippen molar-refractivity contribution in [1.82, 2.24) is 5.32 Å². The predicted molar refractivity (Wildman–Crippen MR) is 73.6 cm³/mol. The lowest BCUT2D eigenvalue weighted by Gasteiger charge is -2.23. The first-order valence-corrected chi connectivity index (χ1v) is 6.46. The third-order valence-electron chi connectivity index (χ3n) is 3.00. The van der Waals surface area contributed by atoms with Gasteiger partial charge in [-0.2, -0.15) is 0 Å². The zero-order chi connectivity index (χ0) is 15.3. The van der Waals surface area contributed by atoms with Gasteiger partial charge in [-0.05, 0) is 30.0 Å². The molecule has 0 aliphatic heterocycles. The lowest BCUT2D eigenvalue weighted by atomic mass is 9.85. The quantitative estimate of drug-likeness (QED) is 0.842. The van der Waals surface area contributed by atoms with Crippen LogP contribution in [-0.2, 0) is 9.59 Å². The van der Waals surface area contributed by atoms with Crippen molar-refractivity contribution in [3.05, 3.63) is 35.6 Å². The first kappa shape index (κ1) is 16.1. The van der Waals surface area contributed by atoms with Gasteiger partial charge >= 0.3 is 5.97 Å². The number of hydrogen-bond donors (Lipinski definition) is 2. The second kappa shape index (κ2) is 6.50. The summed E-state index contributed by atoms with van der Waals surface area (Å²) in [5.74, 6) is -1.52. The second-order valence-electron chi connectivity index (χ2n) is 5.76. The van der Waals surface area contributed by atoms with Gasteiger partial charge in [-0.1, -0.05) is 26.0 Å². The molecule has 1 atom stereocenters. The maximum Gasteiger partial charge on any atom is 0.303 e. The molecule has 0 bridgehead atoms. The maximum absolute atomic E-state index is 13.1. The summed E-state index contributed by atoms with van der Waals surface area (Å²) in [6, 6.07) is 5.71. The molecule has 0 saturated heterocycles. The van der Waals surface area contributed by atoms with Crippen LogP contribution in [0, 0.1) is 11.2 Å². The van der Waals surface area contributed by atoms with Gasteiger partial charge in [0.1, 0.15) is 5.82 Å². The van der Waals surface area contributed by atoms with E-state index in [0.29, 0.717) is 5.56 Å². The minimum absolute atomic E-state index is 0.0746. The predicted octanol–water partition coefficient (Wildman–Crippen LogP) is 2.89. The van der Waals surface area contributed by atoms with Crippen molar-refractivity contribution >= 4 is 11.9 Å². The van der Waals surface area contributed by atoms with Crippen LogP contribution in [0.25, 0.3) is 0 Å². The molecule has 0 saturated carbocycles. The Labute approximate surface area is 118 Å². The zero-order valence-electron chi connectivity index (χ0n) is 11.9. The Hall–Kier alpha value is -1.91. The van der Waals surface area contributed by atoms with Gasteiger partial charge < -0.3 is 10.4 Å². The maximum atomic E-state index is 13.1. The third kappa shape index (κ3) is 5.38. The van der Waals surface area contributed by atoms with Gasteiger partial charge in [-0.15, -0.1) is 0 Å². The molecule has 20 heavy (non-hydrogen) atoms. The van der Waals surface area contributed by atoms with E-state index in [1.807, 2.05) is 0 Å². The molecule has 1 amide bonds. The monoisotopic (exact) mass is 281 g/mol. The van der Waals surface area contributed by atoms with Crippen LogP contribution in [0.1, 0.15) is 45.2 Å². The molecule has 1 aromatic carbocycles. The summed E-state index contributed by atoms with van der Waals surface area (Å²) in [6.45, 7) is 5.22. The van der Waals surface area contributed by atoms with Gasteiger partial charge in [-0.3, -0.25) is 9.59 Å². The van der Waals surface area contributed by atoms with E-state index < -0.39 is 11.4 Å². The van der Waals surface area contributed by atoms with E-state index in [9.17, 15) is 14.0 Å². The lowest BCUT2D eigenvalue weighted by Crippen LogP contribution is -2.32. The van der Waals surface area contributed by atoms with Gasteiger partial charge in [0, 0.05) is 6.42 Å². The molecular weight excluding hydrogens is 261 g/mol. The fourth-order valence-electron chi connectivity index (χ4n) is 2.06. The van der Waals surface area contributed by atoms with Crippen LogP contribution in [0.3, 0.4) is 0 Å². The molecule has 0 aliphatic carbocycles. The molecule has 1 rings (SSSR count). The molecule has 1 aromatic rings. The average molecular weight is 281 g/mol. The van der Waals surface area contributed by atoms with Crippen LogP contribution >= 0.6 is 0 Å². The Kier molecular flexibility index (Phi) is 5.25. The summed E-state index contributed by atoms with van der Waals surface area (Å²) in [5.41, 5.74) is 0.0618. The Balaban J connectivity index is 2.60. The van der Waals surface area contributed by atoms with Gasteiger partial charge in [0.2, 0.25) is 5.91 Å². The number of amides is 1. The number of benzene rings is 1. The van der Waals surface area contributed by atoms with Crippen molar-refractivity contribution in [2.45, 2.75) is 39.7 Å². The molecule has 0 radical (unpaired) electrons. The first-order valence-electron chi connectivity index (χ1n) is 6.46. The number of carboxylic acids is 1. The number of hydrogen-bond acceptors (Lipinski definition) is 2. The van der Waals surface area contributed by atoms with E-state index >= 15 is 0 Å². The highest BCUT2D eigenvalue weighted by Gasteiger charge is 2.25. The van der Waals surface area contributed by atoms with E-state index in [4.69, 9.17) is 5.11 Å². The highest BCUT2D eigenvalue weighted by Crippen LogP contribution is 2.25. The molecule has 0 spiro atoms. The van der Waals surface area contributed by atoms with E-state index in [2.05, 4.69) is 5.32 Å². The number of carbonyl (C=O) groups excluding carboxylic acids is 1. The highest BCUT2D eigenvalue weighted by molar-refractivity contribution is 5.78. The lowest BCUT2D eigenvalue weighted by molar-refractivity contribution is -0.139. The molecule has 2 N–H and O–H groups in total. The smallest absolute Gasteiger partial charge is 0.303 e. The molecule has 5 heteroatoms. The van der Waals surface area contributed by atoms with E-state index in [1.54, 1.807) is 32.9 Å². The van der Waals surface area contributed by atoms with Crippen LogP contribution < -0.4 is 5.32 Å². The number of nitrogens with one attached hydrogen (secondary N) is 1. The van der Waals surface area contributed by atoms with Crippen molar-refractivity contribution in [1.29, 1.82) is 0 Å². The Morgan fingerprint density at radius 3 is 2.55 bits per heavy atom. The van der Waals surface area contributed by atoms with E-state index in [-0.39, 0.29) is 30.6 Å². The molecule has 0 aromatic heterocycles. The van der Waals surface area contributed by atoms with Crippen molar-refractivity contribution in [2.75, 3.05) is 0 Å². The molecule has 0 fully saturated rings. The summed E-state index contributed by atoms with van der Waals surface area (Å²) < 4.78 is 13.1. The van der Waals surface area contributed by atoms with Crippen LogP contribution in [0.2, 0.25) is 0 Å². The fourth-order valence-corrected chi connectivity index (χ4v) is 2.06. The van der Waals surface area contributed by atoms with Crippen LogP contribution in [0.15, 0.2) is 24.3 Å². The third-order valence-corrected chi connectivity index (χ3v) is 3.00. The number of aliphatic carboxylic acids is 1. The molecule has 0 aliphatic rings. The van der Waals surface area contributed by atoms with E-state index in [1.165, 1.54) is 12.1 Å². The highest BCUT2D eigenvalue weighted by atomic mass is 19.1. The van der Waals surface area contributed by atoms with Crippen molar-refractivity contribution in [2.24, 2.45) is 5.41 Å².